The molecule has 2 aliphatic heterocycles. The Morgan fingerprint density at radius 1 is 1.20 bits per heavy atom. The summed E-state index contributed by atoms with van der Waals surface area (Å²) in [7, 11) is 0. The molecular formula is C31H27Cl3F2N6O3. The van der Waals surface area contributed by atoms with Crippen LogP contribution in [0.15, 0.2) is 41.4 Å². The second kappa shape index (κ2) is 12.4. The molecule has 0 spiro atoms. The number of carbonyl (C=O) groups excluding carboxylic acids is 1. The zero-order valence-electron chi connectivity index (χ0n) is 24.4. The molecule has 14 heteroatoms. The molecule has 0 unspecified atom stereocenters. The molecular weight excluding hydrogens is 649 g/mol. The molecule has 9 nitrogen and oxygen atoms in total. The van der Waals surface area contributed by atoms with Crippen LogP contribution < -0.4 is 15.8 Å². The number of nitrogens with one attached hydrogen (secondary N) is 1. The monoisotopic (exact) mass is 674 g/mol. The van der Waals surface area contributed by atoms with E-state index in [0.29, 0.717) is 11.3 Å². The second-order valence-corrected chi connectivity index (χ2v) is 12.1. The van der Waals surface area contributed by atoms with E-state index < -0.39 is 50.3 Å². The highest BCUT2D eigenvalue weighted by Gasteiger charge is 2.33. The number of pyridine rings is 2. The van der Waals surface area contributed by atoms with Gasteiger partial charge in [0.1, 0.15) is 33.1 Å². The largest absolute Gasteiger partial charge is 0.506 e. The minimum Gasteiger partial charge on any atom is -0.506 e. The van der Waals surface area contributed by atoms with Gasteiger partial charge in [0.15, 0.2) is 11.6 Å². The van der Waals surface area contributed by atoms with Crippen molar-refractivity contribution >= 4 is 63.1 Å². The highest BCUT2D eigenvalue weighted by Crippen LogP contribution is 2.46. The van der Waals surface area contributed by atoms with Crippen molar-refractivity contribution in [3.63, 3.8) is 0 Å². The van der Waals surface area contributed by atoms with Crippen LogP contribution >= 0.6 is 34.8 Å². The summed E-state index contributed by atoms with van der Waals surface area (Å²) in [4.78, 5) is 34.6. The lowest BCUT2D eigenvalue weighted by Gasteiger charge is -2.37. The standard InChI is InChI=1S/C31H27Cl3F2N6O3/c1-5-19(43)40-8-10-41(11-9-40)28-16-12-18(32)26(20-23(35)24(36)21(33)22(34)29(20)44)39-30(16)42(31(45)17(28)13-37)27-15(4)6-7-38-25(27)14(2)3/h5-7,12,14,25,38,44H,1,8-11H2,2-4H3/t25-/m1/s1. The number of dihydropyridines is 1. The first-order valence-corrected chi connectivity index (χ1v) is 15.0. The molecule has 0 aliphatic carbocycles. The number of aromatic nitrogens is 2. The van der Waals surface area contributed by atoms with Gasteiger partial charge in [0, 0.05) is 31.6 Å². The number of benzene rings is 1. The fourth-order valence-electron chi connectivity index (χ4n) is 5.72. The molecule has 2 aromatic heterocycles. The Kier molecular flexibility index (Phi) is 8.86. The summed E-state index contributed by atoms with van der Waals surface area (Å²) < 4.78 is 31.4. The fraction of sp³-hybridized carbons (Fsp3) is 0.290. The van der Waals surface area contributed by atoms with Gasteiger partial charge in [-0.2, -0.15) is 5.26 Å². The quantitative estimate of drug-likeness (QED) is 0.191. The van der Waals surface area contributed by atoms with Gasteiger partial charge < -0.3 is 20.2 Å². The lowest BCUT2D eigenvalue weighted by Crippen LogP contribution is -2.49. The maximum Gasteiger partial charge on any atom is 0.276 e. The first-order valence-electron chi connectivity index (χ1n) is 13.9. The molecule has 1 amide bonds. The van der Waals surface area contributed by atoms with Crippen molar-refractivity contribution in [2.45, 2.75) is 26.8 Å². The van der Waals surface area contributed by atoms with Gasteiger partial charge in [-0.1, -0.05) is 55.2 Å². The smallest absolute Gasteiger partial charge is 0.276 e. The Bertz CT molecular complexity index is 1910. The number of fused-ring (bicyclic) bond motifs is 1. The molecule has 45 heavy (non-hydrogen) atoms. The zero-order valence-corrected chi connectivity index (χ0v) is 26.7. The van der Waals surface area contributed by atoms with Crippen molar-refractivity contribution in [2.24, 2.45) is 5.92 Å². The predicted octanol–water partition coefficient (Wildman–Crippen LogP) is 6.09. The fourth-order valence-corrected chi connectivity index (χ4v) is 6.32. The van der Waals surface area contributed by atoms with E-state index in [1.165, 1.54) is 16.7 Å². The number of allylic oxidation sites excluding steroid dienone is 2. The summed E-state index contributed by atoms with van der Waals surface area (Å²) in [6.07, 6.45) is 4.73. The Morgan fingerprint density at radius 2 is 1.87 bits per heavy atom. The molecule has 1 aromatic carbocycles. The van der Waals surface area contributed by atoms with Gasteiger partial charge in [-0.15, -0.1) is 0 Å². The van der Waals surface area contributed by atoms with E-state index in [1.807, 2.05) is 13.8 Å². The molecule has 4 heterocycles. The van der Waals surface area contributed by atoms with Crippen molar-refractivity contribution < 1.29 is 18.7 Å². The Hall–Kier alpha value is -4.11. The van der Waals surface area contributed by atoms with E-state index in [1.54, 1.807) is 29.0 Å². The molecule has 234 valence electrons. The van der Waals surface area contributed by atoms with Crippen LogP contribution in [0.4, 0.5) is 14.5 Å². The van der Waals surface area contributed by atoms with E-state index in [4.69, 9.17) is 34.8 Å². The number of phenolic OH excluding ortho intramolecular Hbond substituents is 1. The molecule has 2 N–H and O–H groups in total. The Labute approximate surface area is 272 Å². The average Bonchev–Trinajstić information content (AvgIpc) is 3.02. The number of carbonyl (C=O) groups is 1. The first-order chi connectivity index (χ1) is 21.3. The minimum atomic E-state index is -1.54. The Balaban J connectivity index is 1.90. The van der Waals surface area contributed by atoms with Crippen molar-refractivity contribution in [2.75, 3.05) is 31.1 Å². The van der Waals surface area contributed by atoms with Crippen LogP contribution in [0.5, 0.6) is 5.75 Å². The molecule has 0 radical (unpaired) electrons. The van der Waals surface area contributed by atoms with Crippen LogP contribution in [0.1, 0.15) is 26.3 Å². The number of hydrogen-bond donors (Lipinski definition) is 2. The van der Waals surface area contributed by atoms with Crippen molar-refractivity contribution in [3.8, 4) is 23.1 Å². The molecule has 1 saturated heterocycles. The number of rotatable bonds is 5. The number of nitrogens with zero attached hydrogens (tertiary/aromatic N) is 5. The summed E-state index contributed by atoms with van der Waals surface area (Å²) in [5.41, 5.74) is -0.668. The Morgan fingerprint density at radius 3 is 2.47 bits per heavy atom. The van der Waals surface area contributed by atoms with Gasteiger partial charge in [0.25, 0.3) is 5.56 Å². The second-order valence-electron chi connectivity index (χ2n) is 11.0. The SMILES string of the molecule is C=CC(=O)N1CCN(c2c(C#N)c(=O)n(C3=C(C)C=CN[C@@H]3C(C)C)c3nc(-c4c(O)c(Cl)c(Cl)c(F)c4F)c(Cl)cc23)CC1. The first kappa shape index (κ1) is 32.3. The molecule has 0 bridgehead atoms. The average molecular weight is 676 g/mol. The number of phenols is 1. The van der Waals surface area contributed by atoms with Crippen LogP contribution in [0.25, 0.3) is 28.0 Å². The number of nitriles is 1. The molecule has 1 atom stereocenters. The summed E-state index contributed by atoms with van der Waals surface area (Å²) in [6, 6.07) is 3.04. The number of amides is 1. The number of halogens is 5. The third-order valence-electron chi connectivity index (χ3n) is 7.96. The van der Waals surface area contributed by atoms with Crippen molar-refractivity contribution in [1.29, 1.82) is 5.26 Å². The van der Waals surface area contributed by atoms with Crippen LogP contribution in [0.3, 0.4) is 0 Å². The third kappa shape index (κ3) is 5.31. The summed E-state index contributed by atoms with van der Waals surface area (Å²) in [5.74, 6) is -4.24. The lowest BCUT2D eigenvalue weighted by molar-refractivity contribution is -0.126. The number of piperazine rings is 1. The highest BCUT2D eigenvalue weighted by atomic mass is 35.5. The number of anilines is 1. The predicted molar refractivity (Wildman–Crippen MR) is 172 cm³/mol. The lowest BCUT2D eigenvalue weighted by atomic mass is 9.94. The third-order valence-corrected chi connectivity index (χ3v) is 9.07. The maximum absolute atomic E-state index is 15.4. The summed E-state index contributed by atoms with van der Waals surface area (Å²) in [6.45, 7) is 10.3. The highest BCUT2D eigenvalue weighted by molar-refractivity contribution is 6.43. The van der Waals surface area contributed by atoms with Gasteiger partial charge in [-0.25, -0.2) is 13.8 Å². The molecule has 2 aliphatic rings. The molecule has 5 rings (SSSR count). The number of hydrogen-bond acceptors (Lipinski definition) is 7. The maximum atomic E-state index is 15.4. The van der Waals surface area contributed by atoms with E-state index >= 15 is 4.39 Å². The van der Waals surface area contributed by atoms with Gasteiger partial charge >= 0.3 is 0 Å². The number of aromatic hydroxyl groups is 1. The van der Waals surface area contributed by atoms with Crippen LogP contribution in [0, 0.1) is 28.9 Å². The van der Waals surface area contributed by atoms with Crippen LogP contribution in [-0.4, -0.2) is 57.7 Å². The van der Waals surface area contributed by atoms with E-state index in [-0.39, 0.29) is 65.3 Å². The summed E-state index contributed by atoms with van der Waals surface area (Å²) >= 11 is 18.5. The van der Waals surface area contributed by atoms with Gasteiger partial charge in [-0.05, 0) is 42.8 Å². The van der Waals surface area contributed by atoms with Crippen molar-refractivity contribution in [1.82, 2.24) is 19.8 Å². The van der Waals surface area contributed by atoms with Gasteiger partial charge in [-0.3, -0.25) is 14.2 Å². The van der Waals surface area contributed by atoms with E-state index in [9.17, 15) is 24.3 Å². The van der Waals surface area contributed by atoms with E-state index in [2.05, 4.69) is 22.9 Å². The van der Waals surface area contributed by atoms with Crippen LogP contribution in [-0.2, 0) is 4.79 Å². The molecule has 3 aromatic rings. The normalized spacial score (nSPS) is 16.8. The van der Waals surface area contributed by atoms with Gasteiger partial charge in [0.2, 0.25) is 5.91 Å². The topological polar surface area (TPSA) is 114 Å². The molecule has 0 saturated carbocycles. The minimum absolute atomic E-state index is 0.0274. The zero-order chi connectivity index (χ0) is 32.9. The summed E-state index contributed by atoms with van der Waals surface area (Å²) in [5, 5.41) is 23.0. The van der Waals surface area contributed by atoms with E-state index in [0.717, 1.165) is 0 Å². The van der Waals surface area contributed by atoms with Gasteiger partial charge in [0.05, 0.1) is 33.7 Å². The van der Waals surface area contributed by atoms with Crippen molar-refractivity contribution in [3.05, 3.63) is 79.2 Å². The van der Waals surface area contributed by atoms with Crippen LogP contribution in [0.2, 0.25) is 15.1 Å². The molecule has 1 fully saturated rings.